The molecule has 0 bridgehead atoms. The largest absolute Gasteiger partial charge is 0.456 e. The van der Waals surface area contributed by atoms with Crippen LogP contribution in [0, 0.1) is 5.41 Å². The number of benzene rings is 15. The van der Waals surface area contributed by atoms with Crippen LogP contribution in [0.15, 0.2) is 354 Å². The zero-order chi connectivity index (χ0) is 73.0. The SMILES string of the molecule is CC1(C)c2ccccc2-c2ccc(-c3ccc(-c4ccc5c(c4)c4cc(-c6ccc(-c7ccc8c(c7)C(C)(C)c7ccccc7-8)cc6)ccc4n5-c4ccc(C5=CC=C(N(c6ccc(-c7ccc8c(c7)oc7ccccc78)cc6)c6ccc(-c7ccc8c(c7)oc7ccccc78)cc6)C(NS)C5=N)cc4)cc3)cc21. The van der Waals surface area contributed by atoms with Crippen molar-refractivity contribution in [2.45, 2.75) is 44.6 Å². The molecule has 7 heteroatoms. The Morgan fingerprint density at radius 1 is 0.321 bits per heavy atom. The third kappa shape index (κ3) is 10.3. The van der Waals surface area contributed by atoms with Crippen LogP contribution < -0.4 is 9.62 Å². The average molecular weight is 1420 g/mol. The number of anilines is 2. The predicted octanol–water partition coefficient (Wildman–Crippen LogP) is 27.1. The minimum absolute atomic E-state index is 0.0783. The summed E-state index contributed by atoms with van der Waals surface area (Å²) < 4.78 is 18.4. The van der Waals surface area contributed by atoms with E-state index in [1.807, 2.05) is 24.3 Å². The molecule has 518 valence electrons. The van der Waals surface area contributed by atoms with E-state index in [2.05, 4.69) is 357 Å². The summed E-state index contributed by atoms with van der Waals surface area (Å²) in [5.74, 6) is 0. The highest BCUT2D eigenvalue weighted by Gasteiger charge is 2.37. The second kappa shape index (κ2) is 24.8. The molecule has 3 aromatic heterocycles. The van der Waals surface area contributed by atoms with Gasteiger partial charge in [0.15, 0.2) is 0 Å². The second-order valence-corrected chi connectivity index (χ2v) is 30.8. The molecule has 0 saturated heterocycles. The Hall–Kier alpha value is -13.0. The van der Waals surface area contributed by atoms with Crippen LogP contribution in [0.4, 0.5) is 11.4 Å². The number of aromatic nitrogens is 1. The first-order valence-electron chi connectivity index (χ1n) is 37.5. The third-order valence-corrected chi connectivity index (χ3v) is 24.1. The van der Waals surface area contributed by atoms with Crippen LogP contribution in [0.1, 0.15) is 55.5 Å². The molecule has 0 radical (unpaired) electrons. The molecule has 0 aliphatic heterocycles. The van der Waals surface area contributed by atoms with E-state index in [9.17, 15) is 5.41 Å². The minimum atomic E-state index is -0.601. The lowest BCUT2D eigenvalue weighted by Gasteiger charge is -2.35. The Bertz CT molecular complexity index is 6520. The fraction of sp³-hybridized carbons (Fsp3) is 0.0686. The molecule has 0 fully saturated rings. The van der Waals surface area contributed by atoms with Gasteiger partial charge in [0.05, 0.1) is 22.8 Å². The second-order valence-electron chi connectivity index (χ2n) is 30.6. The normalized spacial score (nSPS) is 14.7. The van der Waals surface area contributed by atoms with Crippen molar-refractivity contribution < 1.29 is 8.83 Å². The van der Waals surface area contributed by atoms with E-state index in [0.717, 1.165) is 133 Å². The number of rotatable bonds is 12. The van der Waals surface area contributed by atoms with Gasteiger partial charge in [-0.3, -0.25) is 4.72 Å². The van der Waals surface area contributed by atoms with Crippen molar-refractivity contribution in [2.24, 2.45) is 0 Å². The Morgan fingerprint density at radius 3 is 1.12 bits per heavy atom. The lowest BCUT2D eigenvalue weighted by Crippen LogP contribution is -2.41. The summed E-state index contributed by atoms with van der Waals surface area (Å²) in [7, 11) is 0. The number of fused-ring (bicyclic) bond motifs is 15. The maximum absolute atomic E-state index is 10.2. The summed E-state index contributed by atoms with van der Waals surface area (Å²) in [4.78, 5) is 2.24. The maximum Gasteiger partial charge on any atom is 0.136 e. The van der Waals surface area contributed by atoms with Crippen LogP contribution in [0.2, 0.25) is 0 Å². The number of allylic oxidation sites excluding steroid dienone is 2. The van der Waals surface area contributed by atoms with Gasteiger partial charge < -0.3 is 23.7 Å². The van der Waals surface area contributed by atoms with Crippen molar-refractivity contribution in [3.63, 3.8) is 0 Å². The van der Waals surface area contributed by atoms with Gasteiger partial charge in [-0.2, -0.15) is 0 Å². The van der Waals surface area contributed by atoms with Crippen molar-refractivity contribution in [1.82, 2.24) is 9.29 Å². The standard InChI is InChI=1S/C102H72N4O2S/c1-101(2)88-17-9-5-13-78(88)80-47-35-70(57-90(80)101)63-25-21-61(22-26-63)68-39-52-92-86(55-68)87-56-69(62-23-27-64(28-24-62)71-36-48-81-79-14-6-10-18-89(79)102(3,4)91(81)58-71)40-53-93(87)106(92)76-45-33-67(34-46-76)77-51-54-94(100(104-109)99(77)103)105(74-41-29-65(30-42-74)72-37-49-84-82-15-7-11-19-95(82)107-97(84)59-72)75-43-31-66(32-44-75)73-38-50-85-83-16-8-12-20-96(83)108-98(85)60-73/h5-60,100,103-104,109H,1-4H3. The van der Waals surface area contributed by atoms with Gasteiger partial charge in [0.2, 0.25) is 0 Å². The van der Waals surface area contributed by atoms with Gasteiger partial charge in [-0.1, -0.05) is 265 Å². The number of thiol groups is 1. The van der Waals surface area contributed by atoms with Gasteiger partial charge in [0, 0.05) is 71.5 Å². The van der Waals surface area contributed by atoms with E-state index in [1.54, 1.807) is 0 Å². The molecule has 109 heavy (non-hydrogen) atoms. The number of hydrogen-bond donors (Lipinski definition) is 3. The van der Waals surface area contributed by atoms with Crippen LogP contribution in [-0.2, 0) is 10.8 Å². The summed E-state index contributed by atoms with van der Waals surface area (Å²) in [6.45, 7) is 9.39. The van der Waals surface area contributed by atoms with E-state index in [4.69, 9.17) is 21.6 Å². The number of furan rings is 2. The first kappa shape index (κ1) is 64.4. The van der Waals surface area contributed by atoms with E-state index in [-0.39, 0.29) is 10.8 Å². The summed E-state index contributed by atoms with van der Waals surface area (Å²) in [6, 6.07) is 119. The van der Waals surface area contributed by atoms with Gasteiger partial charge in [-0.25, -0.2) is 0 Å². The van der Waals surface area contributed by atoms with E-state index < -0.39 is 6.04 Å². The van der Waals surface area contributed by atoms with Crippen LogP contribution in [0.3, 0.4) is 0 Å². The van der Waals surface area contributed by atoms with Crippen LogP contribution in [0.5, 0.6) is 0 Å². The molecule has 3 heterocycles. The maximum atomic E-state index is 10.2. The molecule has 1 unspecified atom stereocenters. The first-order chi connectivity index (χ1) is 53.4. The lowest BCUT2D eigenvalue weighted by molar-refractivity contribution is 0.660. The first-order valence-corrected chi connectivity index (χ1v) is 38.0. The topological polar surface area (TPSA) is 70.3 Å². The molecule has 18 aromatic rings. The highest BCUT2D eigenvalue weighted by molar-refractivity contribution is 7.78. The summed E-state index contributed by atoms with van der Waals surface area (Å²) in [6.07, 6.45) is 4.24. The number of para-hydroxylation sites is 2. The number of nitrogens with zero attached hydrogens (tertiary/aromatic N) is 2. The average Bonchev–Trinajstić information content (AvgIpc) is 1.60. The minimum Gasteiger partial charge on any atom is -0.456 e. The van der Waals surface area contributed by atoms with Gasteiger partial charge in [-0.05, 0) is 232 Å². The molecular weight excluding hydrogens is 1350 g/mol. The zero-order valence-corrected chi connectivity index (χ0v) is 61.5. The quantitative estimate of drug-likeness (QED) is 0.107. The van der Waals surface area contributed by atoms with Crippen molar-refractivity contribution in [3.8, 4) is 94.7 Å². The Balaban J connectivity index is 0.630. The smallest absolute Gasteiger partial charge is 0.136 e. The fourth-order valence-corrected chi connectivity index (χ4v) is 18.3. The van der Waals surface area contributed by atoms with E-state index in [0.29, 0.717) is 5.71 Å². The van der Waals surface area contributed by atoms with Crippen LogP contribution in [-0.4, -0.2) is 16.3 Å². The van der Waals surface area contributed by atoms with Crippen molar-refractivity contribution in [1.29, 1.82) is 5.41 Å². The molecule has 3 aliphatic rings. The summed E-state index contributed by atoms with van der Waals surface area (Å²) >= 11 is 4.85. The molecule has 2 N–H and O–H groups in total. The summed E-state index contributed by atoms with van der Waals surface area (Å²) in [5.41, 5.74) is 36.0. The monoisotopic (exact) mass is 1420 g/mol. The highest BCUT2D eigenvalue weighted by atomic mass is 32.1. The van der Waals surface area contributed by atoms with Gasteiger partial charge in [0.1, 0.15) is 22.3 Å². The van der Waals surface area contributed by atoms with Crippen LogP contribution >= 0.6 is 12.8 Å². The van der Waals surface area contributed by atoms with Crippen molar-refractivity contribution >= 4 is 101 Å². The molecule has 0 saturated carbocycles. The Morgan fingerprint density at radius 2 is 0.670 bits per heavy atom. The van der Waals surface area contributed by atoms with E-state index >= 15 is 0 Å². The van der Waals surface area contributed by atoms with Gasteiger partial charge >= 0.3 is 0 Å². The lowest BCUT2D eigenvalue weighted by atomic mass is 9.81. The highest BCUT2D eigenvalue weighted by Crippen LogP contribution is 2.52. The third-order valence-electron chi connectivity index (χ3n) is 23.8. The molecular formula is C102H72N4O2S. The van der Waals surface area contributed by atoms with Gasteiger partial charge in [-0.15, -0.1) is 0 Å². The molecule has 15 aromatic carbocycles. The summed E-state index contributed by atoms with van der Waals surface area (Å²) in [5, 5.41) is 16.9. The molecule has 6 nitrogen and oxygen atoms in total. The van der Waals surface area contributed by atoms with Crippen LogP contribution in [0.25, 0.3) is 166 Å². The molecule has 1 atom stereocenters. The van der Waals surface area contributed by atoms with Crippen molar-refractivity contribution in [3.05, 3.63) is 373 Å². The number of nitrogens with one attached hydrogen (secondary N) is 2. The zero-order valence-electron chi connectivity index (χ0n) is 60.6. The molecule has 21 rings (SSSR count). The Kier molecular flexibility index (Phi) is 14.6. The fourth-order valence-electron chi connectivity index (χ4n) is 18.0. The van der Waals surface area contributed by atoms with E-state index in [1.165, 1.54) is 77.5 Å². The number of hydrogen-bond acceptors (Lipinski definition) is 6. The predicted molar refractivity (Wildman–Crippen MR) is 458 cm³/mol. The van der Waals surface area contributed by atoms with Gasteiger partial charge in [0.25, 0.3) is 0 Å². The molecule has 0 spiro atoms. The molecule has 3 aliphatic carbocycles. The van der Waals surface area contributed by atoms with Crippen molar-refractivity contribution in [2.75, 3.05) is 4.90 Å². The Labute approximate surface area is 637 Å². The molecule has 0 amide bonds.